The molecule has 1 heterocycles. The van der Waals surface area contributed by atoms with Crippen molar-refractivity contribution in [3.05, 3.63) is 48.0 Å². The number of hydrogen-bond donors (Lipinski definition) is 2. The molecule has 94 valence electrons. The van der Waals surface area contributed by atoms with E-state index < -0.39 is 5.91 Å². The van der Waals surface area contributed by atoms with Crippen molar-refractivity contribution in [2.45, 2.75) is 0 Å². The number of fused-ring (bicyclic) bond motifs is 1. The lowest BCUT2D eigenvalue weighted by Gasteiger charge is -1.96. The minimum absolute atomic E-state index is 0.344. The normalized spacial score (nSPS) is 10.7. The van der Waals surface area contributed by atoms with Crippen LogP contribution < -0.4 is 11.5 Å². The number of carbonyl (C=O) groups is 1. The Kier molecular flexibility index (Phi) is 2.45. The second-order valence-corrected chi connectivity index (χ2v) is 4.16. The lowest BCUT2D eigenvalue weighted by atomic mass is 10.2. The molecule has 1 amide bonds. The van der Waals surface area contributed by atoms with Crippen LogP contribution in [0, 0.1) is 0 Å². The number of rotatable bonds is 2. The number of para-hydroxylation sites is 1. The van der Waals surface area contributed by atoms with Crippen LogP contribution in [0.4, 0.5) is 5.69 Å². The lowest BCUT2D eigenvalue weighted by molar-refractivity contribution is 0.100. The first-order chi connectivity index (χ1) is 9.15. The van der Waals surface area contributed by atoms with Crippen molar-refractivity contribution in [2.75, 3.05) is 5.73 Å². The number of anilines is 1. The monoisotopic (exact) mass is 253 g/mol. The molecule has 3 aromatic rings. The Hall–Kier alpha value is -2.82. The summed E-state index contributed by atoms with van der Waals surface area (Å²) in [6.07, 6.45) is 0. The van der Waals surface area contributed by atoms with Gasteiger partial charge >= 0.3 is 0 Å². The molecule has 5 heteroatoms. The van der Waals surface area contributed by atoms with Gasteiger partial charge in [0.2, 0.25) is 5.89 Å². The topological polar surface area (TPSA) is 95.1 Å². The quantitative estimate of drug-likeness (QED) is 0.684. The highest BCUT2D eigenvalue weighted by Crippen LogP contribution is 2.27. The molecule has 0 atom stereocenters. The molecule has 3 rings (SSSR count). The van der Waals surface area contributed by atoms with Gasteiger partial charge in [0.05, 0.1) is 5.56 Å². The molecule has 1 aromatic heterocycles. The van der Waals surface area contributed by atoms with Crippen LogP contribution in [0.25, 0.3) is 22.6 Å². The van der Waals surface area contributed by atoms with E-state index in [4.69, 9.17) is 15.9 Å². The van der Waals surface area contributed by atoms with E-state index in [0.29, 0.717) is 28.2 Å². The molecule has 0 fully saturated rings. The summed E-state index contributed by atoms with van der Waals surface area (Å²) in [6.45, 7) is 0. The van der Waals surface area contributed by atoms with Gasteiger partial charge in [0.15, 0.2) is 5.58 Å². The number of primary amides is 1. The Morgan fingerprint density at radius 1 is 1.16 bits per heavy atom. The molecule has 4 N–H and O–H groups in total. The van der Waals surface area contributed by atoms with Crippen molar-refractivity contribution in [2.24, 2.45) is 5.73 Å². The van der Waals surface area contributed by atoms with Crippen LogP contribution in [-0.2, 0) is 0 Å². The van der Waals surface area contributed by atoms with Crippen LogP contribution in [0.1, 0.15) is 10.4 Å². The third-order valence-corrected chi connectivity index (χ3v) is 2.82. The van der Waals surface area contributed by atoms with Gasteiger partial charge in [0.25, 0.3) is 5.91 Å². The summed E-state index contributed by atoms with van der Waals surface area (Å²) in [4.78, 5) is 15.7. The predicted octanol–water partition coefficient (Wildman–Crippen LogP) is 2.18. The Morgan fingerprint density at radius 3 is 2.68 bits per heavy atom. The Balaban J connectivity index is 2.22. The molecular weight excluding hydrogens is 242 g/mol. The van der Waals surface area contributed by atoms with Crippen LogP contribution in [-0.4, -0.2) is 10.9 Å². The summed E-state index contributed by atoms with van der Waals surface area (Å²) >= 11 is 0. The van der Waals surface area contributed by atoms with Crippen LogP contribution in [0.2, 0.25) is 0 Å². The summed E-state index contributed by atoms with van der Waals surface area (Å²) in [7, 11) is 0. The molecule has 5 nitrogen and oxygen atoms in total. The number of carbonyl (C=O) groups excluding carboxylic acids is 1. The van der Waals surface area contributed by atoms with Gasteiger partial charge in [0.1, 0.15) is 5.52 Å². The van der Waals surface area contributed by atoms with E-state index in [1.807, 2.05) is 12.1 Å². The zero-order valence-corrected chi connectivity index (χ0v) is 9.96. The fraction of sp³-hybridized carbons (Fsp3) is 0. The van der Waals surface area contributed by atoms with Gasteiger partial charge in [0, 0.05) is 11.3 Å². The number of amides is 1. The van der Waals surface area contributed by atoms with Gasteiger partial charge in [-0.3, -0.25) is 4.79 Å². The van der Waals surface area contributed by atoms with E-state index in [2.05, 4.69) is 4.98 Å². The van der Waals surface area contributed by atoms with Crippen molar-refractivity contribution in [3.63, 3.8) is 0 Å². The van der Waals surface area contributed by atoms with Crippen molar-refractivity contribution in [3.8, 4) is 11.5 Å². The number of oxazole rings is 1. The molecule has 0 aliphatic carbocycles. The Labute approximate surface area is 108 Å². The third kappa shape index (κ3) is 1.91. The number of aromatic nitrogens is 1. The standard InChI is InChI=1S/C14H11N3O2/c15-9-4-1-3-8(7-9)14-17-12-10(13(16)18)5-2-6-11(12)19-14/h1-7H,15H2,(H2,16,18). The van der Waals surface area contributed by atoms with Crippen molar-refractivity contribution >= 4 is 22.7 Å². The molecule has 0 unspecified atom stereocenters. The van der Waals surface area contributed by atoms with Gasteiger partial charge in [-0.2, -0.15) is 0 Å². The second-order valence-electron chi connectivity index (χ2n) is 4.16. The molecule has 0 saturated carbocycles. The van der Waals surface area contributed by atoms with Gasteiger partial charge < -0.3 is 15.9 Å². The maximum Gasteiger partial charge on any atom is 0.251 e. The average molecular weight is 253 g/mol. The molecule has 0 aliphatic rings. The maximum atomic E-state index is 11.3. The smallest absolute Gasteiger partial charge is 0.251 e. The van der Waals surface area contributed by atoms with Crippen LogP contribution in [0.3, 0.4) is 0 Å². The fourth-order valence-electron chi connectivity index (χ4n) is 1.94. The summed E-state index contributed by atoms with van der Waals surface area (Å²) in [5.41, 5.74) is 13.7. The Morgan fingerprint density at radius 2 is 1.95 bits per heavy atom. The zero-order chi connectivity index (χ0) is 13.4. The van der Waals surface area contributed by atoms with Crippen LogP contribution in [0.15, 0.2) is 46.9 Å². The Bertz CT molecular complexity index is 777. The van der Waals surface area contributed by atoms with E-state index in [-0.39, 0.29) is 0 Å². The van der Waals surface area contributed by atoms with Crippen molar-refractivity contribution in [1.29, 1.82) is 0 Å². The van der Waals surface area contributed by atoms with Gasteiger partial charge in [-0.25, -0.2) is 4.98 Å². The molecular formula is C14H11N3O2. The summed E-state index contributed by atoms with van der Waals surface area (Å²) in [5.74, 6) is -0.117. The molecule has 0 spiro atoms. The SMILES string of the molecule is NC(=O)c1cccc2oc(-c3cccc(N)c3)nc12. The van der Waals surface area contributed by atoms with Crippen LogP contribution in [0.5, 0.6) is 0 Å². The number of hydrogen-bond acceptors (Lipinski definition) is 4. The summed E-state index contributed by atoms with van der Waals surface area (Å²) in [5, 5.41) is 0. The molecule has 19 heavy (non-hydrogen) atoms. The highest BCUT2D eigenvalue weighted by molar-refractivity contribution is 6.03. The maximum absolute atomic E-state index is 11.3. The predicted molar refractivity (Wildman–Crippen MR) is 72.4 cm³/mol. The first-order valence-electron chi connectivity index (χ1n) is 5.70. The lowest BCUT2D eigenvalue weighted by Crippen LogP contribution is -2.11. The van der Waals surface area contributed by atoms with E-state index in [9.17, 15) is 4.79 Å². The molecule has 0 radical (unpaired) electrons. The second kappa shape index (κ2) is 4.13. The number of benzene rings is 2. The first kappa shape index (κ1) is 11.3. The molecule has 0 saturated heterocycles. The number of nitrogens with zero attached hydrogens (tertiary/aromatic N) is 1. The van der Waals surface area contributed by atoms with Gasteiger partial charge in [-0.1, -0.05) is 12.1 Å². The van der Waals surface area contributed by atoms with E-state index in [1.165, 1.54) is 0 Å². The van der Waals surface area contributed by atoms with Crippen molar-refractivity contribution < 1.29 is 9.21 Å². The minimum atomic E-state index is -0.530. The zero-order valence-electron chi connectivity index (χ0n) is 9.96. The van der Waals surface area contributed by atoms with Crippen molar-refractivity contribution in [1.82, 2.24) is 4.98 Å². The highest BCUT2D eigenvalue weighted by atomic mass is 16.3. The first-order valence-corrected chi connectivity index (χ1v) is 5.70. The minimum Gasteiger partial charge on any atom is -0.436 e. The largest absolute Gasteiger partial charge is 0.436 e. The highest BCUT2D eigenvalue weighted by Gasteiger charge is 2.14. The number of nitrogens with two attached hydrogens (primary N) is 2. The summed E-state index contributed by atoms with van der Waals surface area (Å²) in [6, 6.07) is 12.3. The molecule has 0 aliphatic heterocycles. The van der Waals surface area contributed by atoms with E-state index in [1.54, 1.807) is 30.3 Å². The fourth-order valence-corrected chi connectivity index (χ4v) is 1.94. The number of nitrogen functional groups attached to an aromatic ring is 1. The third-order valence-electron chi connectivity index (χ3n) is 2.82. The van der Waals surface area contributed by atoms with Gasteiger partial charge in [-0.05, 0) is 30.3 Å². The van der Waals surface area contributed by atoms with E-state index >= 15 is 0 Å². The van der Waals surface area contributed by atoms with Gasteiger partial charge in [-0.15, -0.1) is 0 Å². The van der Waals surface area contributed by atoms with E-state index in [0.717, 1.165) is 5.56 Å². The molecule has 0 bridgehead atoms. The van der Waals surface area contributed by atoms with Crippen LogP contribution >= 0.6 is 0 Å². The average Bonchev–Trinajstić information content (AvgIpc) is 2.82. The molecule has 2 aromatic carbocycles. The summed E-state index contributed by atoms with van der Waals surface area (Å²) < 4.78 is 5.63.